The van der Waals surface area contributed by atoms with Gasteiger partial charge in [-0.3, -0.25) is 0 Å². The van der Waals surface area contributed by atoms with Gasteiger partial charge >= 0.3 is 0 Å². The van der Waals surface area contributed by atoms with Crippen LogP contribution < -0.4 is 10.1 Å². The van der Waals surface area contributed by atoms with E-state index in [9.17, 15) is 0 Å². The van der Waals surface area contributed by atoms with Crippen LogP contribution in [0.2, 0.25) is 5.15 Å². The van der Waals surface area contributed by atoms with Crippen LogP contribution in [-0.2, 0) is 0 Å². The lowest BCUT2D eigenvalue weighted by molar-refractivity contribution is 0.135. The highest BCUT2D eigenvalue weighted by Gasteiger charge is 2.18. The smallest absolute Gasteiger partial charge is 0.232 e. The van der Waals surface area contributed by atoms with Gasteiger partial charge in [0.15, 0.2) is 0 Å². The molecule has 1 aromatic rings. The van der Waals surface area contributed by atoms with Gasteiger partial charge in [0.05, 0.1) is 12.4 Å². The van der Waals surface area contributed by atoms with E-state index < -0.39 is 0 Å². The molecule has 0 bridgehead atoms. The molecule has 2 rings (SSSR count). The molecule has 0 saturated carbocycles. The van der Waals surface area contributed by atoms with Crippen molar-refractivity contribution in [2.45, 2.75) is 6.10 Å². The Morgan fingerprint density at radius 2 is 2.25 bits per heavy atom. The molecule has 1 aliphatic heterocycles. The first-order chi connectivity index (χ1) is 5.84. The number of hydrogen-bond donors (Lipinski definition) is 1. The maximum atomic E-state index is 5.55. The van der Waals surface area contributed by atoms with Gasteiger partial charge in [-0.1, -0.05) is 11.6 Å². The summed E-state index contributed by atoms with van der Waals surface area (Å²) >= 11 is 5.55. The summed E-state index contributed by atoms with van der Waals surface area (Å²) in [5.74, 6) is 0.533. The van der Waals surface area contributed by atoms with Crippen LogP contribution >= 0.6 is 11.6 Å². The SMILES string of the molecule is Clc1cnc(OC2CNC2)cn1. The van der Waals surface area contributed by atoms with Gasteiger partial charge in [0.25, 0.3) is 0 Å². The van der Waals surface area contributed by atoms with Crippen LogP contribution in [0.25, 0.3) is 0 Å². The number of aromatic nitrogens is 2. The number of nitrogens with zero attached hydrogens (tertiary/aromatic N) is 2. The molecule has 0 aromatic carbocycles. The molecule has 0 atom stereocenters. The Balaban J connectivity index is 1.98. The third kappa shape index (κ3) is 1.65. The molecule has 1 aliphatic rings. The lowest BCUT2D eigenvalue weighted by atomic mass is 10.2. The summed E-state index contributed by atoms with van der Waals surface area (Å²) in [5.41, 5.74) is 0. The van der Waals surface area contributed by atoms with Crippen molar-refractivity contribution in [2.24, 2.45) is 0 Å². The molecule has 0 radical (unpaired) electrons. The van der Waals surface area contributed by atoms with Crippen LogP contribution in [0, 0.1) is 0 Å². The van der Waals surface area contributed by atoms with Crippen molar-refractivity contribution in [2.75, 3.05) is 13.1 Å². The van der Waals surface area contributed by atoms with Crippen molar-refractivity contribution >= 4 is 11.6 Å². The lowest BCUT2D eigenvalue weighted by Gasteiger charge is -2.26. The molecule has 12 heavy (non-hydrogen) atoms. The predicted octanol–water partition coefficient (Wildman–Crippen LogP) is 0.481. The second-order valence-electron chi connectivity index (χ2n) is 2.58. The quantitative estimate of drug-likeness (QED) is 0.728. The molecule has 1 N–H and O–H groups in total. The van der Waals surface area contributed by atoms with Crippen molar-refractivity contribution in [1.82, 2.24) is 15.3 Å². The second-order valence-corrected chi connectivity index (χ2v) is 2.96. The molecule has 5 heteroatoms. The molecule has 0 spiro atoms. The number of ether oxygens (including phenoxy) is 1. The summed E-state index contributed by atoms with van der Waals surface area (Å²) in [6.45, 7) is 1.76. The largest absolute Gasteiger partial charge is 0.471 e. The Labute approximate surface area is 74.9 Å². The van der Waals surface area contributed by atoms with Crippen LogP contribution in [-0.4, -0.2) is 29.2 Å². The van der Waals surface area contributed by atoms with E-state index in [-0.39, 0.29) is 6.10 Å². The highest BCUT2D eigenvalue weighted by atomic mass is 35.5. The van der Waals surface area contributed by atoms with Gasteiger partial charge in [0, 0.05) is 13.1 Å². The Morgan fingerprint density at radius 1 is 1.42 bits per heavy atom. The average molecular weight is 186 g/mol. The Hall–Kier alpha value is -0.870. The fraction of sp³-hybridized carbons (Fsp3) is 0.429. The topological polar surface area (TPSA) is 47.0 Å². The number of nitrogens with one attached hydrogen (secondary N) is 1. The highest BCUT2D eigenvalue weighted by Crippen LogP contribution is 2.10. The fourth-order valence-corrected chi connectivity index (χ4v) is 0.975. The van der Waals surface area contributed by atoms with E-state index >= 15 is 0 Å². The molecule has 1 saturated heterocycles. The third-order valence-electron chi connectivity index (χ3n) is 1.63. The van der Waals surface area contributed by atoms with Crippen molar-refractivity contribution in [3.05, 3.63) is 17.5 Å². The predicted molar refractivity (Wildman–Crippen MR) is 44.3 cm³/mol. The molecular weight excluding hydrogens is 178 g/mol. The molecule has 1 aromatic heterocycles. The Morgan fingerprint density at radius 3 is 2.75 bits per heavy atom. The van der Waals surface area contributed by atoms with Crippen LogP contribution in [0.5, 0.6) is 5.88 Å². The van der Waals surface area contributed by atoms with E-state index in [0.29, 0.717) is 11.0 Å². The van der Waals surface area contributed by atoms with E-state index in [1.54, 1.807) is 0 Å². The minimum Gasteiger partial charge on any atom is -0.471 e. The second kappa shape index (κ2) is 3.25. The molecule has 0 amide bonds. The van der Waals surface area contributed by atoms with Crippen molar-refractivity contribution < 1.29 is 4.74 Å². The zero-order valence-electron chi connectivity index (χ0n) is 6.33. The normalized spacial score (nSPS) is 17.1. The minimum absolute atomic E-state index is 0.237. The lowest BCUT2D eigenvalue weighted by Crippen LogP contribution is -2.50. The zero-order valence-corrected chi connectivity index (χ0v) is 7.08. The molecule has 0 aliphatic carbocycles. The van der Waals surface area contributed by atoms with Gasteiger partial charge in [-0.25, -0.2) is 9.97 Å². The third-order valence-corrected chi connectivity index (χ3v) is 1.82. The average Bonchev–Trinajstić information content (AvgIpc) is 2.00. The van der Waals surface area contributed by atoms with Crippen LogP contribution in [0.4, 0.5) is 0 Å². The van der Waals surface area contributed by atoms with Crippen molar-refractivity contribution in [3.8, 4) is 5.88 Å². The summed E-state index contributed by atoms with van der Waals surface area (Å²) in [7, 11) is 0. The maximum absolute atomic E-state index is 5.55. The maximum Gasteiger partial charge on any atom is 0.232 e. The fourth-order valence-electron chi connectivity index (χ4n) is 0.878. The summed E-state index contributed by atoms with van der Waals surface area (Å²) in [5, 5.41) is 3.48. The molecule has 2 heterocycles. The summed E-state index contributed by atoms with van der Waals surface area (Å²) < 4.78 is 5.41. The molecule has 0 unspecified atom stereocenters. The highest BCUT2D eigenvalue weighted by molar-refractivity contribution is 6.29. The summed E-state index contributed by atoms with van der Waals surface area (Å²) in [4.78, 5) is 7.80. The summed E-state index contributed by atoms with van der Waals surface area (Å²) in [6, 6.07) is 0. The van der Waals surface area contributed by atoms with Crippen LogP contribution in [0.15, 0.2) is 12.4 Å². The number of halogens is 1. The van der Waals surface area contributed by atoms with E-state index in [1.807, 2.05) is 0 Å². The minimum atomic E-state index is 0.237. The molecular formula is C7H8ClN3O. The Bertz CT molecular complexity index is 260. The van der Waals surface area contributed by atoms with Crippen molar-refractivity contribution in [1.29, 1.82) is 0 Å². The van der Waals surface area contributed by atoms with E-state index in [0.717, 1.165) is 13.1 Å². The zero-order chi connectivity index (χ0) is 8.39. The standard InChI is InChI=1S/C7H8ClN3O/c8-6-3-11-7(4-10-6)12-5-1-9-2-5/h3-5,9H,1-2H2. The van der Waals surface area contributed by atoms with E-state index in [4.69, 9.17) is 16.3 Å². The number of rotatable bonds is 2. The van der Waals surface area contributed by atoms with Gasteiger partial charge in [0.2, 0.25) is 5.88 Å². The van der Waals surface area contributed by atoms with Gasteiger partial charge in [-0.2, -0.15) is 0 Å². The van der Waals surface area contributed by atoms with E-state index in [1.165, 1.54) is 12.4 Å². The molecule has 64 valence electrons. The first-order valence-corrected chi connectivity index (χ1v) is 4.07. The molecule has 1 fully saturated rings. The monoisotopic (exact) mass is 185 g/mol. The van der Waals surface area contributed by atoms with Gasteiger partial charge in [-0.15, -0.1) is 0 Å². The Kier molecular flexibility index (Phi) is 2.10. The first-order valence-electron chi connectivity index (χ1n) is 3.69. The summed E-state index contributed by atoms with van der Waals surface area (Å²) in [6.07, 6.45) is 3.24. The molecule has 4 nitrogen and oxygen atoms in total. The van der Waals surface area contributed by atoms with Crippen molar-refractivity contribution in [3.63, 3.8) is 0 Å². The first kappa shape index (κ1) is 7.76. The van der Waals surface area contributed by atoms with Crippen LogP contribution in [0.1, 0.15) is 0 Å². The van der Waals surface area contributed by atoms with Gasteiger partial charge < -0.3 is 10.1 Å². The van der Waals surface area contributed by atoms with Crippen LogP contribution in [0.3, 0.4) is 0 Å². The number of hydrogen-bond acceptors (Lipinski definition) is 4. The van der Waals surface area contributed by atoms with Gasteiger partial charge in [-0.05, 0) is 0 Å². The van der Waals surface area contributed by atoms with Gasteiger partial charge in [0.1, 0.15) is 11.3 Å². The van der Waals surface area contributed by atoms with E-state index in [2.05, 4.69) is 15.3 Å².